The van der Waals surface area contributed by atoms with Crippen LogP contribution in [-0.2, 0) is 0 Å². The summed E-state index contributed by atoms with van der Waals surface area (Å²) in [5, 5.41) is 9.36. The molecule has 0 aromatic rings. The van der Waals surface area contributed by atoms with Crippen LogP contribution in [0.25, 0.3) is 0 Å². The zero-order chi connectivity index (χ0) is 9.23. The smallest absolute Gasteiger partial charge is 0.0723 e. The number of aliphatic hydroxyl groups is 1. The van der Waals surface area contributed by atoms with Crippen LogP contribution >= 0.6 is 0 Å². The zero-order valence-corrected chi connectivity index (χ0v) is 8.16. The SMILES string of the molecule is CCC=CCCC(O)C=CCC. The van der Waals surface area contributed by atoms with E-state index in [4.69, 9.17) is 0 Å². The summed E-state index contributed by atoms with van der Waals surface area (Å²) in [5.74, 6) is 0. The van der Waals surface area contributed by atoms with E-state index in [0.717, 1.165) is 25.7 Å². The lowest BCUT2D eigenvalue weighted by atomic mass is 10.1. The Kier molecular flexibility index (Phi) is 8.14. The van der Waals surface area contributed by atoms with E-state index in [0.29, 0.717) is 0 Å². The predicted molar refractivity (Wildman–Crippen MR) is 54.1 cm³/mol. The second-order valence-electron chi connectivity index (χ2n) is 2.86. The maximum Gasteiger partial charge on any atom is 0.0723 e. The summed E-state index contributed by atoms with van der Waals surface area (Å²) in [6.07, 6.45) is 11.8. The van der Waals surface area contributed by atoms with Crippen LogP contribution in [0.2, 0.25) is 0 Å². The maximum atomic E-state index is 9.36. The highest BCUT2D eigenvalue weighted by Crippen LogP contribution is 2.00. The Hall–Kier alpha value is -0.560. The van der Waals surface area contributed by atoms with Crippen molar-refractivity contribution in [1.82, 2.24) is 0 Å². The summed E-state index contributed by atoms with van der Waals surface area (Å²) < 4.78 is 0. The molecule has 0 amide bonds. The molecule has 70 valence electrons. The molecule has 0 saturated heterocycles. The van der Waals surface area contributed by atoms with Crippen LogP contribution in [0.15, 0.2) is 24.3 Å². The van der Waals surface area contributed by atoms with Gasteiger partial charge in [-0.2, -0.15) is 0 Å². The van der Waals surface area contributed by atoms with Crippen LogP contribution in [0.4, 0.5) is 0 Å². The van der Waals surface area contributed by atoms with E-state index in [1.807, 2.05) is 12.2 Å². The molecule has 0 heterocycles. The lowest BCUT2D eigenvalue weighted by Crippen LogP contribution is -2.00. The monoisotopic (exact) mass is 168 g/mol. The standard InChI is InChI=1S/C11H20O/c1-3-5-7-8-10-11(12)9-6-4-2/h5-7,9,11-12H,3-4,8,10H2,1-2H3. The van der Waals surface area contributed by atoms with Gasteiger partial charge in [0.1, 0.15) is 0 Å². The molecule has 0 aromatic heterocycles. The maximum absolute atomic E-state index is 9.36. The van der Waals surface area contributed by atoms with Crippen molar-refractivity contribution in [3.63, 3.8) is 0 Å². The number of aliphatic hydroxyl groups excluding tert-OH is 1. The lowest BCUT2D eigenvalue weighted by Gasteiger charge is -2.01. The van der Waals surface area contributed by atoms with E-state index < -0.39 is 0 Å². The first-order valence-electron chi connectivity index (χ1n) is 4.81. The fourth-order valence-electron chi connectivity index (χ4n) is 0.941. The molecule has 0 saturated carbocycles. The van der Waals surface area contributed by atoms with Gasteiger partial charge in [0.25, 0.3) is 0 Å². The van der Waals surface area contributed by atoms with Gasteiger partial charge in [-0.3, -0.25) is 0 Å². The molecule has 1 nitrogen and oxygen atoms in total. The van der Waals surface area contributed by atoms with Crippen molar-refractivity contribution in [1.29, 1.82) is 0 Å². The first-order valence-corrected chi connectivity index (χ1v) is 4.81. The summed E-state index contributed by atoms with van der Waals surface area (Å²) in [6.45, 7) is 4.18. The Morgan fingerprint density at radius 3 is 2.33 bits per heavy atom. The molecule has 1 heteroatoms. The van der Waals surface area contributed by atoms with E-state index in [-0.39, 0.29) is 6.10 Å². The molecule has 0 aliphatic rings. The Bertz CT molecular complexity index is 136. The minimum absolute atomic E-state index is 0.258. The highest BCUT2D eigenvalue weighted by Gasteiger charge is 1.94. The van der Waals surface area contributed by atoms with Crippen LogP contribution in [0.1, 0.15) is 39.5 Å². The molecular weight excluding hydrogens is 148 g/mol. The van der Waals surface area contributed by atoms with Crippen LogP contribution in [0, 0.1) is 0 Å². The normalized spacial score (nSPS) is 14.6. The van der Waals surface area contributed by atoms with E-state index in [1.54, 1.807) is 0 Å². The first kappa shape index (κ1) is 11.4. The van der Waals surface area contributed by atoms with Crippen molar-refractivity contribution in [3.8, 4) is 0 Å². The van der Waals surface area contributed by atoms with Gasteiger partial charge in [0.15, 0.2) is 0 Å². The molecule has 0 aliphatic heterocycles. The molecule has 0 aliphatic carbocycles. The van der Waals surface area contributed by atoms with Crippen molar-refractivity contribution in [2.75, 3.05) is 0 Å². The minimum atomic E-state index is -0.258. The van der Waals surface area contributed by atoms with E-state index in [1.165, 1.54) is 0 Å². The van der Waals surface area contributed by atoms with Gasteiger partial charge >= 0.3 is 0 Å². The molecular formula is C11H20O. The fraction of sp³-hybridized carbons (Fsp3) is 0.636. The van der Waals surface area contributed by atoms with Crippen LogP contribution in [0.3, 0.4) is 0 Å². The van der Waals surface area contributed by atoms with Gasteiger partial charge in [0.05, 0.1) is 6.10 Å². The molecule has 0 bridgehead atoms. The second-order valence-corrected chi connectivity index (χ2v) is 2.86. The number of hydrogen-bond acceptors (Lipinski definition) is 1. The fourth-order valence-corrected chi connectivity index (χ4v) is 0.941. The first-order chi connectivity index (χ1) is 5.81. The average Bonchev–Trinajstić information content (AvgIpc) is 2.09. The molecule has 1 unspecified atom stereocenters. The third-order valence-electron chi connectivity index (χ3n) is 1.63. The van der Waals surface area contributed by atoms with Gasteiger partial charge in [-0.15, -0.1) is 0 Å². The quantitative estimate of drug-likeness (QED) is 0.604. The van der Waals surface area contributed by atoms with Gasteiger partial charge in [-0.05, 0) is 25.7 Å². The third kappa shape index (κ3) is 7.55. The van der Waals surface area contributed by atoms with E-state index in [9.17, 15) is 5.11 Å². The van der Waals surface area contributed by atoms with Crippen molar-refractivity contribution in [2.24, 2.45) is 0 Å². The molecule has 1 N–H and O–H groups in total. The highest BCUT2D eigenvalue weighted by atomic mass is 16.3. The topological polar surface area (TPSA) is 20.2 Å². The van der Waals surface area contributed by atoms with Crippen molar-refractivity contribution >= 4 is 0 Å². The van der Waals surface area contributed by atoms with Gasteiger partial charge in [0.2, 0.25) is 0 Å². The minimum Gasteiger partial charge on any atom is -0.389 e. The Balaban J connectivity index is 3.37. The number of rotatable bonds is 6. The largest absolute Gasteiger partial charge is 0.389 e. The predicted octanol–water partition coefficient (Wildman–Crippen LogP) is 3.06. The summed E-state index contributed by atoms with van der Waals surface area (Å²) in [5.41, 5.74) is 0. The van der Waals surface area contributed by atoms with E-state index >= 15 is 0 Å². The Morgan fingerprint density at radius 2 is 1.75 bits per heavy atom. The molecule has 12 heavy (non-hydrogen) atoms. The molecule has 1 atom stereocenters. The van der Waals surface area contributed by atoms with Gasteiger partial charge in [-0.25, -0.2) is 0 Å². The number of hydrogen-bond donors (Lipinski definition) is 1. The summed E-state index contributed by atoms with van der Waals surface area (Å²) in [6, 6.07) is 0. The molecule has 0 radical (unpaired) electrons. The number of allylic oxidation sites excluding steroid dienone is 3. The molecule has 0 rings (SSSR count). The van der Waals surface area contributed by atoms with Crippen LogP contribution < -0.4 is 0 Å². The van der Waals surface area contributed by atoms with Gasteiger partial charge in [-0.1, -0.05) is 38.2 Å². The summed E-state index contributed by atoms with van der Waals surface area (Å²) in [7, 11) is 0. The average molecular weight is 168 g/mol. The second kappa shape index (κ2) is 8.54. The Morgan fingerprint density at radius 1 is 1.08 bits per heavy atom. The highest BCUT2D eigenvalue weighted by molar-refractivity contribution is 4.90. The van der Waals surface area contributed by atoms with Crippen molar-refractivity contribution in [3.05, 3.63) is 24.3 Å². The molecule has 0 aromatic carbocycles. The van der Waals surface area contributed by atoms with Crippen molar-refractivity contribution in [2.45, 2.75) is 45.6 Å². The molecule has 0 fully saturated rings. The van der Waals surface area contributed by atoms with E-state index in [2.05, 4.69) is 26.0 Å². The van der Waals surface area contributed by atoms with Gasteiger partial charge in [0, 0.05) is 0 Å². The lowest BCUT2D eigenvalue weighted by molar-refractivity contribution is 0.213. The molecule has 0 spiro atoms. The third-order valence-corrected chi connectivity index (χ3v) is 1.63. The summed E-state index contributed by atoms with van der Waals surface area (Å²) in [4.78, 5) is 0. The van der Waals surface area contributed by atoms with Crippen LogP contribution in [-0.4, -0.2) is 11.2 Å². The summed E-state index contributed by atoms with van der Waals surface area (Å²) >= 11 is 0. The Labute approximate surface area is 75.8 Å². The van der Waals surface area contributed by atoms with Gasteiger partial charge < -0.3 is 5.11 Å². The van der Waals surface area contributed by atoms with Crippen LogP contribution in [0.5, 0.6) is 0 Å². The van der Waals surface area contributed by atoms with Crippen molar-refractivity contribution < 1.29 is 5.11 Å². The zero-order valence-electron chi connectivity index (χ0n) is 8.16.